The lowest BCUT2D eigenvalue weighted by molar-refractivity contribution is -0.114. The summed E-state index contributed by atoms with van der Waals surface area (Å²) in [5.41, 5.74) is 5.24. The molecule has 0 aromatic rings. The van der Waals surface area contributed by atoms with Gasteiger partial charge in [0.1, 0.15) is 5.76 Å². The standard InChI is InChI=1S/C8H10BrNO2/c1-2-6(8(10)12)3-4-7(11)5-9/h2-4,11H,1,5H2,(H2,10,12)/b6-3+,7-4+. The Kier molecular flexibility index (Phi) is 5.12. The van der Waals surface area contributed by atoms with E-state index in [4.69, 9.17) is 10.8 Å². The number of alkyl halides is 1. The summed E-state index contributed by atoms with van der Waals surface area (Å²) >= 11 is 3.03. The zero-order valence-corrected chi connectivity index (χ0v) is 8.04. The Hall–Kier alpha value is -1.03. The van der Waals surface area contributed by atoms with Crippen LogP contribution in [-0.2, 0) is 4.79 Å². The van der Waals surface area contributed by atoms with E-state index < -0.39 is 5.91 Å². The van der Waals surface area contributed by atoms with Gasteiger partial charge in [0.15, 0.2) is 0 Å². The summed E-state index contributed by atoms with van der Waals surface area (Å²) in [7, 11) is 0. The summed E-state index contributed by atoms with van der Waals surface area (Å²) in [5.74, 6) is -0.445. The molecule has 4 heteroatoms. The average Bonchev–Trinajstić information content (AvgIpc) is 2.04. The molecule has 0 aromatic carbocycles. The van der Waals surface area contributed by atoms with Crippen LogP contribution in [0.15, 0.2) is 36.1 Å². The molecule has 0 aliphatic heterocycles. The second kappa shape index (κ2) is 5.60. The minimum atomic E-state index is -0.566. The van der Waals surface area contributed by atoms with E-state index in [0.717, 1.165) is 0 Å². The highest BCUT2D eigenvalue weighted by Gasteiger charge is 1.96. The summed E-state index contributed by atoms with van der Waals surface area (Å²) in [6.45, 7) is 3.39. The van der Waals surface area contributed by atoms with Gasteiger partial charge in [-0.25, -0.2) is 0 Å². The molecule has 0 saturated heterocycles. The Morgan fingerprint density at radius 3 is 2.50 bits per heavy atom. The van der Waals surface area contributed by atoms with Crippen molar-refractivity contribution in [2.45, 2.75) is 0 Å². The van der Waals surface area contributed by atoms with E-state index in [9.17, 15) is 4.79 Å². The number of primary amides is 1. The van der Waals surface area contributed by atoms with Crippen LogP contribution in [0.25, 0.3) is 0 Å². The van der Waals surface area contributed by atoms with Crippen LogP contribution in [0.3, 0.4) is 0 Å². The third-order valence-electron chi connectivity index (χ3n) is 1.10. The first-order valence-corrected chi connectivity index (χ1v) is 4.32. The molecule has 0 aliphatic rings. The van der Waals surface area contributed by atoms with Gasteiger partial charge in [0.05, 0.1) is 5.33 Å². The van der Waals surface area contributed by atoms with Crippen molar-refractivity contribution in [3.8, 4) is 0 Å². The number of aliphatic hydroxyl groups excluding tert-OH is 1. The number of nitrogens with two attached hydrogens (primary N) is 1. The second-order valence-electron chi connectivity index (χ2n) is 1.98. The van der Waals surface area contributed by atoms with Gasteiger partial charge in [0.2, 0.25) is 5.91 Å². The monoisotopic (exact) mass is 231 g/mol. The number of allylic oxidation sites excluding steroid dienone is 3. The summed E-state index contributed by atoms with van der Waals surface area (Å²) < 4.78 is 0. The quantitative estimate of drug-likeness (QED) is 0.333. The van der Waals surface area contributed by atoms with Crippen molar-refractivity contribution >= 4 is 21.8 Å². The minimum absolute atomic E-state index is 0.121. The highest BCUT2D eigenvalue weighted by molar-refractivity contribution is 9.09. The van der Waals surface area contributed by atoms with Crippen LogP contribution in [0, 0.1) is 0 Å². The van der Waals surface area contributed by atoms with Gasteiger partial charge in [-0.05, 0) is 12.2 Å². The average molecular weight is 232 g/mol. The van der Waals surface area contributed by atoms with Crippen LogP contribution in [0.1, 0.15) is 0 Å². The third-order valence-corrected chi connectivity index (χ3v) is 1.67. The highest BCUT2D eigenvalue weighted by atomic mass is 79.9. The normalized spacial score (nSPS) is 12.8. The molecule has 0 atom stereocenters. The van der Waals surface area contributed by atoms with Gasteiger partial charge in [-0.3, -0.25) is 4.79 Å². The summed E-state index contributed by atoms with van der Waals surface area (Å²) in [6.07, 6.45) is 4.13. The van der Waals surface area contributed by atoms with E-state index in [1.54, 1.807) is 0 Å². The predicted octanol–water partition coefficient (Wildman–Crippen LogP) is 1.42. The molecule has 0 heterocycles. The molecule has 0 fully saturated rings. The number of aliphatic hydroxyl groups is 1. The first-order valence-electron chi connectivity index (χ1n) is 3.19. The van der Waals surface area contributed by atoms with Crippen LogP contribution >= 0.6 is 15.9 Å². The maximum Gasteiger partial charge on any atom is 0.248 e. The predicted molar refractivity (Wildman–Crippen MR) is 52.0 cm³/mol. The largest absolute Gasteiger partial charge is 0.511 e. The molecule has 0 aliphatic carbocycles. The fourth-order valence-corrected chi connectivity index (χ4v) is 0.668. The minimum Gasteiger partial charge on any atom is -0.511 e. The molecule has 0 saturated carbocycles. The van der Waals surface area contributed by atoms with E-state index in [0.29, 0.717) is 5.33 Å². The molecule has 0 unspecified atom stereocenters. The van der Waals surface area contributed by atoms with E-state index in [-0.39, 0.29) is 11.3 Å². The van der Waals surface area contributed by atoms with Gasteiger partial charge in [0.25, 0.3) is 0 Å². The van der Waals surface area contributed by atoms with Gasteiger partial charge in [0, 0.05) is 5.57 Å². The Morgan fingerprint density at radius 1 is 1.58 bits per heavy atom. The van der Waals surface area contributed by atoms with Crippen molar-refractivity contribution in [2.75, 3.05) is 5.33 Å². The fraction of sp³-hybridized carbons (Fsp3) is 0.125. The molecule has 66 valence electrons. The molecule has 12 heavy (non-hydrogen) atoms. The molecule has 0 radical (unpaired) electrons. The number of carbonyl (C=O) groups excluding carboxylic acids is 1. The van der Waals surface area contributed by atoms with Gasteiger partial charge < -0.3 is 10.8 Å². The van der Waals surface area contributed by atoms with Crippen LogP contribution in [-0.4, -0.2) is 16.3 Å². The van der Waals surface area contributed by atoms with Crippen LogP contribution in [0.2, 0.25) is 0 Å². The fourth-order valence-electron chi connectivity index (χ4n) is 0.481. The lowest BCUT2D eigenvalue weighted by Crippen LogP contribution is -2.11. The SMILES string of the molecule is C=C/C(=C\C=C(\O)CBr)C(N)=O. The number of hydrogen-bond acceptors (Lipinski definition) is 2. The summed E-state index contributed by atoms with van der Waals surface area (Å²) in [4.78, 5) is 10.6. The van der Waals surface area contributed by atoms with Crippen molar-refractivity contribution in [1.82, 2.24) is 0 Å². The molecule has 0 spiro atoms. The van der Waals surface area contributed by atoms with Crippen LogP contribution in [0.4, 0.5) is 0 Å². The van der Waals surface area contributed by atoms with E-state index in [2.05, 4.69) is 22.5 Å². The Morgan fingerprint density at radius 2 is 2.17 bits per heavy atom. The van der Waals surface area contributed by atoms with E-state index in [1.165, 1.54) is 18.2 Å². The molecular formula is C8H10BrNO2. The van der Waals surface area contributed by atoms with Gasteiger partial charge >= 0.3 is 0 Å². The number of halogens is 1. The zero-order valence-electron chi connectivity index (χ0n) is 6.46. The number of carbonyl (C=O) groups is 1. The number of hydrogen-bond donors (Lipinski definition) is 2. The lowest BCUT2D eigenvalue weighted by atomic mass is 10.2. The van der Waals surface area contributed by atoms with Crippen LogP contribution in [0.5, 0.6) is 0 Å². The number of rotatable bonds is 4. The highest BCUT2D eigenvalue weighted by Crippen LogP contribution is 1.99. The van der Waals surface area contributed by atoms with Crippen molar-refractivity contribution < 1.29 is 9.90 Å². The Bertz CT molecular complexity index is 243. The molecule has 0 rings (SSSR count). The van der Waals surface area contributed by atoms with Crippen molar-refractivity contribution in [3.05, 3.63) is 36.1 Å². The molecule has 3 nitrogen and oxygen atoms in total. The third kappa shape index (κ3) is 3.98. The Labute approximate surface area is 79.4 Å². The molecule has 1 amide bonds. The Balaban J connectivity index is 4.51. The van der Waals surface area contributed by atoms with Gasteiger partial charge in [-0.2, -0.15) is 0 Å². The number of amides is 1. The molecule has 3 N–H and O–H groups in total. The topological polar surface area (TPSA) is 63.3 Å². The van der Waals surface area contributed by atoms with Gasteiger partial charge in [-0.1, -0.05) is 28.6 Å². The maximum atomic E-state index is 10.6. The summed E-state index contributed by atoms with van der Waals surface area (Å²) in [6, 6.07) is 0. The second-order valence-corrected chi connectivity index (χ2v) is 2.54. The van der Waals surface area contributed by atoms with E-state index in [1.807, 2.05) is 0 Å². The maximum absolute atomic E-state index is 10.6. The lowest BCUT2D eigenvalue weighted by Gasteiger charge is -1.92. The first kappa shape index (κ1) is 11.0. The van der Waals surface area contributed by atoms with Gasteiger partial charge in [-0.15, -0.1) is 0 Å². The van der Waals surface area contributed by atoms with E-state index >= 15 is 0 Å². The van der Waals surface area contributed by atoms with Crippen molar-refractivity contribution in [2.24, 2.45) is 5.73 Å². The van der Waals surface area contributed by atoms with Crippen molar-refractivity contribution in [1.29, 1.82) is 0 Å². The molecule has 0 aromatic heterocycles. The summed E-state index contributed by atoms with van der Waals surface area (Å²) in [5, 5.41) is 9.31. The molecular weight excluding hydrogens is 222 g/mol. The molecule has 0 bridgehead atoms. The first-order chi connectivity index (χ1) is 5.61. The smallest absolute Gasteiger partial charge is 0.248 e. The van der Waals surface area contributed by atoms with Crippen molar-refractivity contribution in [3.63, 3.8) is 0 Å². The van der Waals surface area contributed by atoms with Crippen LogP contribution < -0.4 is 5.73 Å². The zero-order chi connectivity index (χ0) is 9.56.